The van der Waals surface area contributed by atoms with E-state index in [1.807, 2.05) is 0 Å². The first-order valence-electron chi connectivity index (χ1n) is 5.98. The van der Waals surface area contributed by atoms with Gasteiger partial charge in [-0.15, -0.1) is 0 Å². The second-order valence-corrected chi connectivity index (χ2v) is 4.53. The number of nitrogens with zero attached hydrogens (tertiary/aromatic N) is 1. The van der Waals surface area contributed by atoms with Crippen LogP contribution in [0.1, 0.15) is 5.56 Å². The molecule has 0 aliphatic carbocycles. The van der Waals surface area contributed by atoms with Gasteiger partial charge in [0.2, 0.25) is 0 Å². The zero-order valence-corrected chi connectivity index (χ0v) is 10.7. The van der Waals surface area contributed by atoms with Crippen molar-refractivity contribution < 1.29 is 9.66 Å². The van der Waals surface area contributed by atoms with Crippen LogP contribution in [0, 0.1) is 15.5 Å². The molecular weight excluding hydrogens is 248 g/mol. The number of non-ortho nitro benzene ring substituents is 1. The Labute approximate surface area is 111 Å². The van der Waals surface area contributed by atoms with Crippen molar-refractivity contribution in [3.63, 3.8) is 0 Å². The van der Waals surface area contributed by atoms with E-state index in [4.69, 9.17) is 21.9 Å². The lowest BCUT2D eigenvalue weighted by Crippen LogP contribution is -2.47. The van der Waals surface area contributed by atoms with Crippen LogP contribution in [-0.2, 0) is 11.3 Å². The maximum atomic E-state index is 10.5. The summed E-state index contributed by atoms with van der Waals surface area (Å²) >= 11 is 0. The van der Waals surface area contributed by atoms with E-state index >= 15 is 0 Å². The summed E-state index contributed by atoms with van der Waals surface area (Å²) < 4.78 is 5.55. The van der Waals surface area contributed by atoms with Crippen LogP contribution in [0.3, 0.4) is 0 Å². The van der Waals surface area contributed by atoms with Crippen molar-refractivity contribution >= 4 is 5.69 Å². The molecule has 0 aromatic heterocycles. The molecule has 0 heterocycles. The number of hydrogen-bond acceptors (Lipinski definition) is 6. The lowest BCUT2D eigenvalue weighted by atomic mass is 9.89. The van der Waals surface area contributed by atoms with Crippen molar-refractivity contribution in [2.24, 2.45) is 22.6 Å². The van der Waals surface area contributed by atoms with E-state index in [-0.39, 0.29) is 5.69 Å². The van der Waals surface area contributed by atoms with E-state index in [9.17, 15) is 10.1 Å². The van der Waals surface area contributed by atoms with Crippen LogP contribution in [0.2, 0.25) is 0 Å². The Morgan fingerprint density at radius 1 is 1.11 bits per heavy atom. The maximum Gasteiger partial charge on any atom is 0.269 e. The van der Waals surface area contributed by atoms with Gasteiger partial charge in [0.05, 0.1) is 18.1 Å². The minimum absolute atomic E-state index is 0.0592. The quantitative estimate of drug-likeness (QED) is 0.448. The van der Waals surface area contributed by atoms with E-state index in [2.05, 4.69) is 0 Å². The molecule has 0 amide bonds. The minimum Gasteiger partial charge on any atom is -0.376 e. The van der Waals surface area contributed by atoms with Gasteiger partial charge in [0, 0.05) is 37.2 Å². The normalized spacial score (nSPS) is 11.5. The van der Waals surface area contributed by atoms with Crippen molar-refractivity contribution in [1.82, 2.24) is 0 Å². The molecule has 1 aromatic carbocycles. The molecule has 19 heavy (non-hydrogen) atoms. The van der Waals surface area contributed by atoms with Crippen LogP contribution in [-0.4, -0.2) is 31.2 Å². The van der Waals surface area contributed by atoms with E-state index in [0.717, 1.165) is 5.56 Å². The fourth-order valence-electron chi connectivity index (χ4n) is 1.53. The van der Waals surface area contributed by atoms with Crippen LogP contribution >= 0.6 is 0 Å². The van der Waals surface area contributed by atoms with Crippen molar-refractivity contribution in [2.75, 3.05) is 26.2 Å². The summed E-state index contributed by atoms with van der Waals surface area (Å²) in [5.74, 6) is 0. The zero-order valence-electron chi connectivity index (χ0n) is 10.7. The van der Waals surface area contributed by atoms with Gasteiger partial charge in [-0.3, -0.25) is 10.1 Å². The van der Waals surface area contributed by atoms with Crippen LogP contribution < -0.4 is 17.2 Å². The number of rotatable bonds is 8. The smallest absolute Gasteiger partial charge is 0.269 e. The SMILES string of the molecule is NCC(CN)(CN)COCc1ccc([N+](=O)[O-])cc1. The Balaban J connectivity index is 2.51. The number of benzene rings is 1. The number of nitro groups is 1. The zero-order chi connectivity index (χ0) is 14.3. The molecule has 106 valence electrons. The highest BCUT2D eigenvalue weighted by atomic mass is 16.6. The molecule has 0 saturated heterocycles. The van der Waals surface area contributed by atoms with Gasteiger partial charge in [-0.2, -0.15) is 0 Å². The molecular formula is C12H20N4O3. The highest BCUT2D eigenvalue weighted by Crippen LogP contribution is 2.15. The van der Waals surface area contributed by atoms with Gasteiger partial charge in [-0.25, -0.2) is 0 Å². The van der Waals surface area contributed by atoms with Gasteiger partial charge in [0.1, 0.15) is 0 Å². The van der Waals surface area contributed by atoms with Crippen LogP contribution in [0.4, 0.5) is 5.69 Å². The average Bonchev–Trinajstić information content (AvgIpc) is 2.45. The number of ether oxygens (including phenoxy) is 1. The standard InChI is InChI=1S/C12H20N4O3/c13-6-12(7-14,8-15)9-19-5-10-1-3-11(4-2-10)16(17)18/h1-4H,5-9,13-15H2. The molecule has 0 unspecified atom stereocenters. The lowest BCUT2D eigenvalue weighted by molar-refractivity contribution is -0.384. The van der Waals surface area contributed by atoms with Crippen LogP contribution in [0.15, 0.2) is 24.3 Å². The molecule has 0 bridgehead atoms. The number of nitrogens with two attached hydrogens (primary N) is 3. The molecule has 0 spiro atoms. The summed E-state index contributed by atoms with van der Waals surface area (Å²) in [7, 11) is 0. The molecule has 1 aromatic rings. The predicted octanol–water partition coefficient (Wildman–Crippen LogP) is -0.0261. The van der Waals surface area contributed by atoms with Gasteiger partial charge >= 0.3 is 0 Å². The van der Waals surface area contributed by atoms with Gasteiger partial charge < -0.3 is 21.9 Å². The summed E-state index contributed by atoms with van der Waals surface area (Å²) in [5, 5.41) is 10.5. The van der Waals surface area contributed by atoms with E-state index in [1.54, 1.807) is 12.1 Å². The van der Waals surface area contributed by atoms with Crippen LogP contribution in [0.25, 0.3) is 0 Å². The lowest BCUT2D eigenvalue weighted by Gasteiger charge is -2.29. The Bertz CT molecular complexity index is 396. The molecule has 0 fully saturated rings. The monoisotopic (exact) mass is 268 g/mol. The molecule has 1 rings (SSSR count). The predicted molar refractivity (Wildman–Crippen MR) is 72.3 cm³/mol. The van der Waals surface area contributed by atoms with Crippen molar-refractivity contribution in [2.45, 2.75) is 6.61 Å². The molecule has 0 aliphatic rings. The average molecular weight is 268 g/mol. The first kappa shape index (κ1) is 15.5. The first-order chi connectivity index (χ1) is 9.06. The minimum atomic E-state index is -0.438. The van der Waals surface area contributed by atoms with Gasteiger partial charge in [0.15, 0.2) is 0 Å². The highest BCUT2D eigenvalue weighted by Gasteiger charge is 2.25. The third-order valence-electron chi connectivity index (χ3n) is 3.12. The van der Waals surface area contributed by atoms with E-state index < -0.39 is 10.3 Å². The van der Waals surface area contributed by atoms with E-state index in [1.165, 1.54) is 12.1 Å². The van der Waals surface area contributed by atoms with Crippen LogP contribution in [0.5, 0.6) is 0 Å². The molecule has 6 N–H and O–H groups in total. The fraction of sp³-hybridized carbons (Fsp3) is 0.500. The summed E-state index contributed by atoms with van der Waals surface area (Å²) in [6.45, 7) is 1.80. The molecule has 0 radical (unpaired) electrons. The van der Waals surface area contributed by atoms with Gasteiger partial charge in [-0.1, -0.05) is 0 Å². The summed E-state index contributed by atoms with van der Waals surface area (Å²) in [5.41, 5.74) is 17.4. The van der Waals surface area contributed by atoms with Crippen molar-refractivity contribution in [3.05, 3.63) is 39.9 Å². The maximum absolute atomic E-state index is 10.5. The molecule has 0 saturated carbocycles. The molecule has 0 aliphatic heterocycles. The Kier molecular flexibility index (Phi) is 5.84. The summed E-state index contributed by atoms with van der Waals surface area (Å²) in [6.07, 6.45) is 0. The topological polar surface area (TPSA) is 130 Å². The second-order valence-electron chi connectivity index (χ2n) is 4.53. The molecule has 7 heteroatoms. The Morgan fingerprint density at radius 3 is 2.05 bits per heavy atom. The molecule has 7 nitrogen and oxygen atoms in total. The molecule has 0 atom stereocenters. The summed E-state index contributed by atoms with van der Waals surface area (Å²) in [4.78, 5) is 10.1. The van der Waals surface area contributed by atoms with E-state index in [0.29, 0.717) is 32.8 Å². The summed E-state index contributed by atoms with van der Waals surface area (Å²) in [6, 6.07) is 6.21. The van der Waals surface area contributed by atoms with Crippen molar-refractivity contribution in [1.29, 1.82) is 0 Å². The van der Waals surface area contributed by atoms with Gasteiger partial charge in [-0.05, 0) is 17.7 Å². The van der Waals surface area contributed by atoms with Gasteiger partial charge in [0.25, 0.3) is 5.69 Å². The third kappa shape index (κ3) is 4.25. The number of nitro benzene ring substituents is 1. The largest absolute Gasteiger partial charge is 0.376 e. The Morgan fingerprint density at radius 2 is 1.63 bits per heavy atom. The Hall–Kier alpha value is -1.54. The highest BCUT2D eigenvalue weighted by molar-refractivity contribution is 5.32. The second kappa shape index (κ2) is 7.15. The number of hydrogen-bond donors (Lipinski definition) is 3. The van der Waals surface area contributed by atoms with Crippen molar-refractivity contribution in [3.8, 4) is 0 Å². The third-order valence-corrected chi connectivity index (χ3v) is 3.12. The first-order valence-corrected chi connectivity index (χ1v) is 5.98. The fourth-order valence-corrected chi connectivity index (χ4v) is 1.53.